The molecule has 0 bridgehead atoms. The Bertz CT molecular complexity index is 1110. The lowest BCUT2D eigenvalue weighted by molar-refractivity contribution is -0.128. The Morgan fingerprint density at radius 1 is 1.03 bits per heavy atom. The lowest BCUT2D eigenvalue weighted by Crippen LogP contribution is -2.30. The smallest absolute Gasteiger partial charge is 0.229 e. The van der Waals surface area contributed by atoms with Crippen molar-refractivity contribution in [1.29, 1.82) is 0 Å². The van der Waals surface area contributed by atoms with Gasteiger partial charge in [-0.3, -0.25) is 9.59 Å². The molecular formula is C25H26N2O4. The highest BCUT2D eigenvalue weighted by atomic mass is 16.5. The summed E-state index contributed by atoms with van der Waals surface area (Å²) in [5.74, 6) is 0.891. The van der Waals surface area contributed by atoms with Gasteiger partial charge in [-0.25, -0.2) is 0 Å². The molecular weight excluding hydrogens is 392 g/mol. The fourth-order valence-corrected chi connectivity index (χ4v) is 4.03. The van der Waals surface area contributed by atoms with Crippen molar-refractivity contribution in [3.63, 3.8) is 0 Å². The normalized spacial score (nSPS) is 15.9. The Labute approximate surface area is 181 Å². The summed E-state index contributed by atoms with van der Waals surface area (Å²) in [5, 5.41) is 5.08. The molecule has 0 aromatic heterocycles. The van der Waals surface area contributed by atoms with Crippen LogP contribution in [-0.4, -0.2) is 44.0 Å². The molecule has 3 aromatic rings. The quantitative estimate of drug-likeness (QED) is 0.632. The van der Waals surface area contributed by atoms with E-state index < -0.39 is 0 Å². The summed E-state index contributed by atoms with van der Waals surface area (Å²) in [5.41, 5.74) is 1.83. The Hall–Kier alpha value is -3.54. The van der Waals surface area contributed by atoms with E-state index in [2.05, 4.69) is 5.32 Å². The van der Waals surface area contributed by atoms with E-state index in [1.165, 1.54) is 0 Å². The number of amides is 2. The van der Waals surface area contributed by atoms with Gasteiger partial charge in [0.05, 0.1) is 20.1 Å². The van der Waals surface area contributed by atoms with Gasteiger partial charge in [-0.15, -0.1) is 0 Å². The van der Waals surface area contributed by atoms with Gasteiger partial charge in [0, 0.05) is 30.6 Å². The van der Waals surface area contributed by atoms with Crippen LogP contribution in [0.4, 0.5) is 5.69 Å². The number of hydrogen-bond donors (Lipinski definition) is 1. The Morgan fingerprint density at radius 2 is 1.81 bits per heavy atom. The van der Waals surface area contributed by atoms with Gasteiger partial charge in [-0.05, 0) is 35.6 Å². The highest BCUT2D eigenvalue weighted by molar-refractivity contribution is 6.04. The van der Waals surface area contributed by atoms with Crippen LogP contribution in [0.2, 0.25) is 0 Å². The largest absolute Gasteiger partial charge is 0.493 e. The second-order valence-corrected chi connectivity index (χ2v) is 7.70. The SMILES string of the molecule is COc1ccc(CCN2CC(C(=O)Nc3cccc4ccccc34)CC2=O)cc1OC. The molecule has 1 unspecified atom stereocenters. The molecule has 1 atom stereocenters. The van der Waals surface area contributed by atoms with E-state index in [-0.39, 0.29) is 24.2 Å². The van der Waals surface area contributed by atoms with Crippen LogP contribution in [0.3, 0.4) is 0 Å². The number of carbonyl (C=O) groups excluding carboxylic acids is 2. The van der Waals surface area contributed by atoms with E-state index in [0.717, 1.165) is 22.0 Å². The number of methoxy groups -OCH3 is 2. The average Bonchev–Trinajstić information content (AvgIpc) is 3.18. The minimum absolute atomic E-state index is 0.0125. The number of rotatable bonds is 7. The van der Waals surface area contributed by atoms with Crippen molar-refractivity contribution in [2.75, 3.05) is 32.6 Å². The van der Waals surface area contributed by atoms with Crippen molar-refractivity contribution in [3.8, 4) is 11.5 Å². The fourth-order valence-electron chi connectivity index (χ4n) is 4.03. The number of benzene rings is 3. The van der Waals surface area contributed by atoms with Crippen molar-refractivity contribution in [3.05, 3.63) is 66.2 Å². The maximum Gasteiger partial charge on any atom is 0.229 e. The van der Waals surface area contributed by atoms with E-state index in [1.807, 2.05) is 60.7 Å². The first kappa shape index (κ1) is 20.7. The molecule has 0 aliphatic carbocycles. The van der Waals surface area contributed by atoms with Crippen molar-refractivity contribution >= 4 is 28.3 Å². The Morgan fingerprint density at radius 3 is 2.61 bits per heavy atom. The van der Waals surface area contributed by atoms with Crippen LogP contribution in [0.25, 0.3) is 10.8 Å². The molecule has 6 heteroatoms. The lowest BCUT2D eigenvalue weighted by atomic mass is 10.1. The van der Waals surface area contributed by atoms with Gasteiger partial charge in [-0.2, -0.15) is 0 Å². The number of carbonyl (C=O) groups is 2. The summed E-state index contributed by atoms with van der Waals surface area (Å²) in [4.78, 5) is 27.1. The highest BCUT2D eigenvalue weighted by Gasteiger charge is 2.34. The number of ether oxygens (including phenoxy) is 2. The van der Waals surface area contributed by atoms with Gasteiger partial charge < -0.3 is 19.7 Å². The van der Waals surface area contributed by atoms with Crippen LogP contribution in [0.1, 0.15) is 12.0 Å². The van der Waals surface area contributed by atoms with Crippen molar-refractivity contribution in [2.45, 2.75) is 12.8 Å². The average molecular weight is 418 g/mol. The third-order valence-corrected chi connectivity index (χ3v) is 5.75. The van der Waals surface area contributed by atoms with Crippen molar-refractivity contribution in [1.82, 2.24) is 4.90 Å². The number of fused-ring (bicyclic) bond motifs is 1. The van der Waals surface area contributed by atoms with Crippen LogP contribution in [0.5, 0.6) is 11.5 Å². The van der Waals surface area contributed by atoms with Gasteiger partial charge in [0.1, 0.15) is 0 Å². The summed E-state index contributed by atoms with van der Waals surface area (Å²) >= 11 is 0. The van der Waals surface area contributed by atoms with Gasteiger partial charge in [-0.1, -0.05) is 42.5 Å². The minimum Gasteiger partial charge on any atom is -0.493 e. The zero-order chi connectivity index (χ0) is 21.8. The molecule has 1 fully saturated rings. The topological polar surface area (TPSA) is 67.9 Å². The molecule has 1 aliphatic rings. The third kappa shape index (κ3) is 4.48. The maximum absolute atomic E-state index is 12.9. The lowest BCUT2D eigenvalue weighted by Gasteiger charge is -2.17. The summed E-state index contributed by atoms with van der Waals surface area (Å²) in [6, 6.07) is 19.5. The van der Waals surface area contributed by atoms with Crippen LogP contribution in [0.15, 0.2) is 60.7 Å². The van der Waals surface area contributed by atoms with Gasteiger partial charge >= 0.3 is 0 Å². The monoisotopic (exact) mass is 418 g/mol. The zero-order valence-corrected chi connectivity index (χ0v) is 17.8. The van der Waals surface area contributed by atoms with Crippen LogP contribution in [0, 0.1) is 5.92 Å². The molecule has 160 valence electrons. The van der Waals surface area contributed by atoms with Gasteiger partial charge in [0.2, 0.25) is 11.8 Å². The van der Waals surface area contributed by atoms with Crippen LogP contribution in [-0.2, 0) is 16.0 Å². The minimum atomic E-state index is -0.350. The summed E-state index contributed by atoms with van der Waals surface area (Å²) in [6.45, 7) is 0.995. The zero-order valence-electron chi connectivity index (χ0n) is 17.8. The Kier molecular flexibility index (Phi) is 6.07. The van der Waals surface area contributed by atoms with E-state index in [0.29, 0.717) is 31.0 Å². The van der Waals surface area contributed by atoms with Crippen molar-refractivity contribution in [2.24, 2.45) is 5.92 Å². The first-order valence-corrected chi connectivity index (χ1v) is 10.4. The molecule has 3 aromatic carbocycles. The molecule has 0 radical (unpaired) electrons. The number of nitrogens with one attached hydrogen (secondary N) is 1. The van der Waals surface area contributed by atoms with E-state index in [9.17, 15) is 9.59 Å². The first-order valence-electron chi connectivity index (χ1n) is 10.4. The number of nitrogens with zero attached hydrogens (tertiary/aromatic N) is 1. The van der Waals surface area contributed by atoms with Gasteiger partial charge in [0.15, 0.2) is 11.5 Å². The second kappa shape index (κ2) is 9.08. The van der Waals surface area contributed by atoms with E-state index >= 15 is 0 Å². The summed E-state index contributed by atoms with van der Waals surface area (Å²) in [7, 11) is 3.20. The molecule has 1 aliphatic heterocycles. The molecule has 31 heavy (non-hydrogen) atoms. The molecule has 1 N–H and O–H groups in total. The molecule has 2 amide bonds. The van der Waals surface area contributed by atoms with E-state index in [1.54, 1.807) is 19.1 Å². The molecule has 0 saturated carbocycles. The maximum atomic E-state index is 12.9. The highest BCUT2D eigenvalue weighted by Crippen LogP contribution is 2.29. The third-order valence-electron chi connectivity index (χ3n) is 5.75. The number of hydrogen-bond acceptors (Lipinski definition) is 4. The van der Waals surface area contributed by atoms with Gasteiger partial charge in [0.25, 0.3) is 0 Å². The molecule has 6 nitrogen and oxygen atoms in total. The standard InChI is InChI=1S/C25H26N2O4/c1-30-22-11-10-17(14-23(22)31-2)12-13-27-16-19(15-24(27)28)25(29)26-21-9-5-7-18-6-3-4-8-20(18)21/h3-11,14,19H,12-13,15-16H2,1-2H3,(H,26,29). The van der Waals surface area contributed by atoms with Crippen molar-refractivity contribution < 1.29 is 19.1 Å². The number of anilines is 1. The predicted octanol–water partition coefficient (Wildman–Crippen LogP) is 3.89. The predicted molar refractivity (Wildman–Crippen MR) is 121 cm³/mol. The second-order valence-electron chi connectivity index (χ2n) is 7.70. The molecule has 4 rings (SSSR count). The van der Waals surface area contributed by atoms with Crippen LogP contribution >= 0.6 is 0 Å². The molecule has 1 saturated heterocycles. The Balaban J connectivity index is 1.38. The summed E-state index contributed by atoms with van der Waals surface area (Å²) in [6.07, 6.45) is 0.923. The first-order chi connectivity index (χ1) is 15.1. The summed E-state index contributed by atoms with van der Waals surface area (Å²) < 4.78 is 10.6. The molecule has 1 heterocycles. The number of likely N-dealkylation sites (tertiary alicyclic amines) is 1. The van der Waals surface area contributed by atoms with Crippen LogP contribution < -0.4 is 14.8 Å². The fraction of sp³-hybridized carbons (Fsp3) is 0.280. The molecule has 0 spiro atoms. The van der Waals surface area contributed by atoms with E-state index in [4.69, 9.17) is 9.47 Å².